The summed E-state index contributed by atoms with van der Waals surface area (Å²) in [6.07, 6.45) is 8.33. The van der Waals surface area contributed by atoms with Crippen molar-refractivity contribution in [2.75, 3.05) is 13.1 Å². The second-order valence-electron chi connectivity index (χ2n) is 5.31. The zero-order valence-electron chi connectivity index (χ0n) is 10.3. The summed E-state index contributed by atoms with van der Waals surface area (Å²) in [6, 6.07) is 2.52. The predicted molar refractivity (Wildman–Crippen MR) is 65.1 cm³/mol. The summed E-state index contributed by atoms with van der Waals surface area (Å²) < 4.78 is 0. The Morgan fingerprint density at radius 2 is 2.13 bits per heavy atom. The van der Waals surface area contributed by atoms with Gasteiger partial charge in [-0.25, -0.2) is 0 Å². The lowest BCUT2D eigenvalue weighted by molar-refractivity contribution is 0.190. The van der Waals surface area contributed by atoms with Crippen molar-refractivity contribution in [3.63, 3.8) is 0 Å². The molecule has 0 saturated carbocycles. The molecule has 2 heteroatoms. The van der Waals surface area contributed by atoms with Crippen molar-refractivity contribution in [3.05, 3.63) is 0 Å². The summed E-state index contributed by atoms with van der Waals surface area (Å²) in [6.45, 7) is 7.30. The Morgan fingerprint density at radius 1 is 1.27 bits per heavy atom. The minimum atomic E-state index is 0.815. The molecule has 2 aliphatic heterocycles. The molecule has 0 bridgehead atoms. The first kappa shape index (κ1) is 11.4. The highest BCUT2D eigenvalue weighted by molar-refractivity contribution is 4.86. The van der Waals surface area contributed by atoms with Crippen LogP contribution in [0.3, 0.4) is 0 Å². The van der Waals surface area contributed by atoms with Crippen LogP contribution < -0.4 is 5.32 Å². The van der Waals surface area contributed by atoms with E-state index < -0.39 is 0 Å². The van der Waals surface area contributed by atoms with Crippen molar-refractivity contribution < 1.29 is 0 Å². The van der Waals surface area contributed by atoms with E-state index in [1.54, 1.807) is 0 Å². The van der Waals surface area contributed by atoms with Crippen molar-refractivity contribution in [1.82, 2.24) is 10.2 Å². The summed E-state index contributed by atoms with van der Waals surface area (Å²) >= 11 is 0. The molecule has 0 aromatic rings. The fraction of sp³-hybridized carbons (Fsp3) is 1.00. The van der Waals surface area contributed by atoms with E-state index in [1.165, 1.54) is 51.6 Å². The van der Waals surface area contributed by atoms with Gasteiger partial charge in [-0.3, -0.25) is 4.90 Å². The standard InChI is InChI=1S/C13H26N2/c1-3-13-7-6-11(2)15(13)10-8-12-5-4-9-14-12/h11-14H,3-10H2,1-2H3. The van der Waals surface area contributed by atoms with Gasteiger partial charge in [-0.1, -0.05) is 6.92 Å². The average molecular weight is 210 g/mol. The van der Waals surface area contributed by atoms with E-state index in [1.807, 2.05) is 0 Å². The van der Waals surface area contributed by atoms with Gasteiger partial charge < -0.3 is 5.32 Å². The Bertz CT molecular complexity index is 187. The van der Waals surface area contributed by atoms with E-state index in [0.717, 1.165) is 18.1 Å². The fourth-order valence-corrected chi connectivity index (χ4v) is 3.27. The Morgan fingerprint density at radius 3 is 2.80 bits per heavy atom. The molecule has 0 aromatic heterocycles. The van der Waals surface area contributed by atoms with Gasteiger partial charge in [0, 0.05) is 24.7 Å². The molecular formula is C13H26N2. The Labute approximate surface area is 94.4 Å². The third-order valence-corrected chi connectivity index (χ3v) is 4.32. The van der Waals surface area contributed by atoms with Gasteiger partial charge in [0.15, 0.2) is 0 Å². The van der Waals surface area contributed by atoms with Crippen molar-refractivity contribution in [3.8, 4) is 0 Å². The monoisotopic (exact) mass is 210 g/mol. The van der Waals surface area contributed by atoms with E-state index in [2.05, 4.69) is 24.1 Å². The van der Waals surface area contributed by atoms with Crippen LogP contribution in [0.4, 0.5) is 0 Å². The van der Waals surface area contributed by atoms with Gasteiger partial charge in [0.05, 0.1) is 0 Å². The van der Waals surface area contributed by atoms with Gasteiger partial charge in [0.1, 0.15) is 0 Å². The topological polar surface area (TPSA) is 15.3 Å². The largest absolute Gasteiger partial charge is 0.314 e. The van der Waals surface area contributed by atoms with E-state index in [0.29, 0.717) is 0 Å². The van der Waals surface area contributed by atoms with Crippen LogP contribution >= 0.6 is 0 Å². The van der Waals surface area contributed by atoms with Crippen LogP contribution in [-0.2, 0) is 0 Å². The minimum absolute atomic E-state index is 0.815. The van der Waals surface area contributed by atoms with Crippen molar-refractivity contribution in [2.45, 2.75) is 70.5 Å². The molecule has 1 N–H and O–H groups in total. The van der Waals surface area contributed by atoms with E-state index in [-0.39, 0.29) is 0 Å². The molecule has 2 heterocycles. The second kappa shape index (κ2) is 5.31. The molecule has 2 aliphatic rings. The fourth-order valence-electron chi connectivity index (χ4n) is 3.27. The van der Waals surface area contributed by atoms with Crippen molar-refractivity contribution >= 4 is 0 Å². The number of nitrogens with one attached hydrogen (secondary N) is 1. The average Bonchev–Trinajstić information content (AvgIpc) is 2.84. The highest BCUT2D eigenvalue weighted by Crippen LogP contribution is 2.26. The normalized spacial score (nSPS) is 37.6. The summed E-state index contributed by atoms with van der Waals surface area (Å²) in [5, 5.41) is 3.60. The molecule has 0 aliphatic carbocycles. The lowest BCUT2D eigenvalue weighted by atomic mass is 10.1. The Kier molecular flexibility index (Phi) is 4.04. The highest BCUT2D eigenvalue weighted by atomic mass is 15.2. The van der Waals surface area contributed by atoms with Gasteiger partial charge in [0.2, 0.25) is 0 Å². The zero-order valence-corrected chi connectivity index (χ0v) is 10.3. The number of hydrogen-bond acceptors (Lipinski definition) is 2. The minimum Gasteiger partial charge on any atom is -0.314 e. The first-order valence-corrected chi connectivity index (χ1v) is 6.80. The maximum atomic E-state index is 3.60. The molecular weight excluding hydrogens is 184 g/mol. The lowest BCUT2D eigenvalue weighted by Crippen LogP contribution is -2.37. The molecule has 3 unspecified atom stereocenters. The molecule has 0 radical (unpaired) electrons. The second-order valence-corrected chi connectivity index (χ2v) is 5.31. The first-order chi connectivity index (χ1) is 7.31. The third-order valence-electron chi connectivity index (χ3n) is 4.32. The summed E-state index contributed by atoms with van der Waals surface area (Å²) in [7, 11) is 0. The van der Waals surface area contributed by atoms with Crippen LogP contribution in [0.5, 0.6) is 0 Å². The Balaban J connectivity index is 1.76. The van der Waals surface area contributed by atoms with Crippen molar-refractivity contribution in [2.24, 2.45) is 0 Å². The number of nitrogens with zero attached hydrogens (tertiary/aromatic N) is 1. The molecule has 15 heavy (non-hydrogen) atoms. The van der Waals surface area contributed by atoms with Crippen LogP contribution in [0.2, 0.25) is 0 Å². The van der Waals surface area contributed by atoms with Crippen LogP contribution in [0.1, 0.15) is 52.4 Å². The summed E-state index contributed by atoms with van der Waals surface area (Å²) in [5.41, 5.74) is 0. The van der Waals surface area contributed by atoms with E-state index in [4.69, 9.17) is 0 Å². The van der Waals surface area contributed by atoms with Crippen LogP contribution in [0.15, 0.2) is 0 Å². The lowest BCUT2D eigenvalue weighted by Gasteiger charge is -2.28. The predicted octanol–water partition coefficient (Wildman–Crippen LogP) is 2.39. The van der Waals surface area contributed by atoms with Gasteiger partial charge >= 0.3 is 0 Å². The van der Waals surface area contributed by atoms with E-state index in [9.17, 15) is 0 Å². The van der Waals surface area contributed by atoms with Crippen LogP contribution in [0.25, 0.3) is 0 Å². The highest BCUT2D eigenvalue weighted by Gasteiger charge is 2.29. The van der Waals surface area contributed by atoms with Crippen LogP contribution in [-0.4, -0.2) is 36.1 Å². The molecule has 88 valence electrons. The maximum Gasteiger partial charge on any atom is 0.00960 e. The number of rotatable bonds is 4. The SMILES string of the molecule is CCC1CCC(C)N1CCC1CCCN1. The molecule has 2 fully saturated rings. The molecule has 3 atom stereocenters. The number of likely N-dealkylation sites (tertiary alicyclic amines) is 1. The summed E-state index contributed by atoms with van der Waals surface area (Å²) in [4.78, 5) is 2.75. The molecule has 2 saturated heterocycles. The summed E-state index contributed by atoms with van der Waals surface area (Å²) in [5.74, 6) is 0. The number of hydrogen-bond donors (Lipinski definition) is 1. The van der Waals surface area contributed by atoms with Gasteiger partial charge in [0.25, 0.3) is 0 Å². The maximum absolute atomic E-state index is 3.60. The molecule has 0 amide bonds. The first-order valence-electron chi connectivity index (χ1n) is 6.80. The Hall–Kier alpha value is -0.0800. The molecule has 2 nitrogen and oxygen atoms in total. The van der Waals surface area contributed by atoms with Crippen molar-refractivity contribution in [1.29, 1.82) is 0 Å². The van der Waals surface area contributed by atoms with Gasteiger partial charge in [-0.15, -0.1) is 0 Å². The quantitative estimate of drug-likeness (QED) is 0.766. The molecule has 0 spiro atoms. The van der Waals surface area contributed by atoms with Gasteiger partial charge in [-0.05, 0) is 52.0 Å². The molecule has 0 aromatic carbocycles. The smallest absolute Gasteiger partial charge is 0.00960 e. The molecule has 2 rings (SSSR count). The zero-order chi connectivity index (χ0) is 10.7. The third kappa shape index (κ3) is 2.73. The van der Waals surface area contributed by atoms with Gasteiger partial charge in [-0.2, -0.15) is 0 Å². The van der Waals surface area contributed by atoms with Crippen LogP contribution in [0, 0.1) is 0 Å². The van der Waals surface area contributed by atoms with E-state index >= 15 is 0 Å².